The van der Waals surface area contributed by atoms with Crippen molar-refractivity contribution in [2.75, 3.05) is 20.3 Å². The molecule has 120 valence electrons. The summed E-state index contributed by atoms with van der Waals surface area (Å²) in [6.45, 7) is 5.80. The summed E-state index contributed by atoms with van der Waals surface area (Å²) in [5.41, 5.74) is 0. The van der Waals surface area contributed by atoms with Crippen molar-refractivity contribution in [2.24, 2.45) is 11.8 Å². The third kappa shape index (κ3) is 3.93. The molecule has 0 aromatic rings. The van der Waals surface area contributed by atoms with E-state index in [1.54, 1.807) is 20.8 Å². The number of rotatable bonds is 6. The first kappa shape index (κ1) is 17.4. The third-order valence-corrected chi connectivity index (χ3v) is 4.04. The summed E-state index contributed by atoms with van der Waals surface area (Å²) in [6, 6.07) is -1.21. The van der Waals surface area contributed by atoms with Crippen LogP contribution in [-0.4, -0.2) is 60.1 Å². The molecule has 0 aromatic heterocycles. The molecule has 2 amide bonds. The van der Waals surface area contributed by atoms with E-state index in [9.17, 15) is 19.5 Å². The van der Waals surface area contributed by atoms with Crippen molar-refractivity contribution < 1.29 is 24.2 Å². The second-order valence-corrected chi connectivity index (χ2v) is 5.55. The molecule has 1 aliphatic heterocycles. The number of methoxy groups -OCH3 is 1. The standard InChI is InChI=1S/C14H24N2O5/c1-8-7-11(17)16(9(2)12(8)14(19)20)10(3)13(18)15-5-6-21-4/h8-10,12H,5-7H2,1-4H3,(H,15,18)(H,19,20). The van der Waals surface area contributed by atoms with Crippen LogP contribution in [0.2, 0.25) is 0 Å². The van der Waals surface area contributed by atoms with Crippen LogP contribution in [0.5, 0.6) is 0 Å². The molecule has 0 aromatic carbocycles. The highest BCUT2D eigenvalue weighted by Crippen LogP contribution is 2.31. The number of aliphatic carboxylic acids is 1. The molecule has 1 heterocycles. The summed E-state index contributed by atoms with van der Waals surface area (Å²) < 4.78 is 4.85. The topological polar surface area (TPSA) is 95.9 Å². The number of nitrogens with one attached hydrogen (secondary N) is 1. The largest absolute Gasteiger partial charge is 0.481 e. The molecule has 0 radical (unpaired) electrons. The number of nitrogens with zero attached hydrogens (tertiary/aromatic N) is 1. The van der Waals surface area contributed by atoms with E-state index >= 15 is 0 Å². The summed E-state index contributed by atoms with van der Waals surface area (Å²) in [6.07, 6.45) is 0.150. The van der Waals surface area contributed by atoms with Gasteiger partial charge in [0.15, 0.2) is 0 Å². The van der Waals surface area contributed by atoms with Gasteiger partial charge in [0.2, 0.25) is 11.8 Å². The molecule has 4 unspecified atom stereocenters. The summed E-state index contributed by atoms with van der Waals surface area (Å²) in [5.74, 6) is -2.30. The summed E-state index contributed by atoms with van der Waals surface area (Å²) in [7, 11) is 1.53. The molecule has 4 atom stereocenters. The van der Waals surface area contributed by atoms with E-state index in [-0.39, 0.29) is 24.2 Å². The normalized spacial score (nSPS) is 27.3. The van der Waals surface area contributed by atoms with Crippen molar-refractivity contribution in [1.29, 1.82) is 0 Å². The van der Waals surface area contributed by atoms with Crippen LogP contribution in [0.1, 0.15) is 27.2 Å². The first-order valence-corrected chi connectivity index (χ1v) is 7.11. The van der Waals surface area contributed by atoms with Gasteiger partial charge >= 0.3 is 5.97 Å². The van der Waals surface area contributed by atoms with Crippen LogP contribution in [0.4, 0.5) is 0 Å². The molecular formula is C14H24N2O5. The van der Waals surface area contributed by atoms with Gasteiger partial charge in [-0.25, -0.2) is 0 Å². The van der Waals surface area contributed by atoms with Crippen LogP contribution in [0.15, 0.2) is 0 Å². The Morgan fingerprint density at radius 2 is 2.10 bits per heavy atom. The quantitative estimate of drug-likeness (QED) is 0.678. The van der Waals surface area contributed by atoms with E-state index in [0.29, 0.717) is 13.2 Å². The maximum atomic E-state index is 12.2. The molecule has 7 heteroatoms. The van der Waals surface area contributed by atoms with Gasteiger partial charge in [0.05, 0.1) is 12.5 Å². The van der Waals surface area contributed by atoms with Gasteiger partial charge in [-0.3, -0.25) is 14.4 Å². The number of piperidine rings is 1. The number of ether oxygens (including phenoxy) is 1. The Labute approximate surface area is 124 Å². The Morgan fingerprint density at radius 1 is 1.48 bits per heavy atom. The molecule has 7 nitrogen and oxygen atoms in total. The van der Waals surface area contributed by atoms with Gasteiger partial charge < -0.3 is 20.1 Å². The lowest BCUT2D eigenvalue weighted by Crippen LogP contribution is -2.59. The van der Waals surface area contributed by atoms with E-state index in [2.05, 4.69) is 5.32 Å². The summed E-state index contributed by atoms with van der Waals surface area (Å²) in [5, 5.41) is 12.0. The first-order valence-electron chi connectivity index (χ1n) is 7.11. The van der Waals surface area contributed by atoms with Crippen molar-refractivity contribution in [3.8, 4) is 0 Å². The molecule has 0 aliphatic carbocycles. The lowest BCUT2D eigenvalue weighted by molar-refractivity contribution is -0.159. The lowest BCUT2D eigenvalue weighted by Gasteiger charge is -2.43. The Kier molecular flexibility index (Phi) is 6.14. The van der Waals surface area contributed by atoms with E-state index in [1.807, 2.05) is 0 Å². The van der Waals surface area contributed by atoms with Crippen molar-refractivity contribution in [1.82, 2.24) is 10.2 Å². The molecule has 2 N–H and O–H groups in total. The van der Waals surface area contributed by atoms with E-state index in [1.165, 1.54) is 12.0 Å². The zero-order valence-electron chi connectivity index (χ0n) is 13.0. The average Bonchev–Trinajstić information content (AvgIpc) is 2.37. The Bertz CT molecular complexity index is 412. The molecule has 21 heavy (non-hydrogen) atoms. The van der Waals surface area contributed by atoms with Gasteiger partial charge in [0.25, 0.3) is 0 Å². The highest BCUT2D eigenvalue weighted by Gasteiger charge is 2.44. The second kappa shape index (κ2) is 7.40. The zero-order valence-corrected chi connectivity index (χ0v) is 13.0. The van der Waals surface area contributed by atoms with Crippen molar-refractivity contribution in [3.05, 3.63) is 0 Å². The third-order valence-electron chi connectivity index (χ3n) is 4.04. The maximum absolute atomic E-state index is 12.2. The van der Waals surface area contributed by atoms with Crippen LogP contribution in [0, 0.1) is 11.8 Å². The number of hydrogen-bond acceptors (Lipinski definition) is 4. The van der Waals surface area contributed by atoms with Crippen molar-refractivity contribution in [3.63, 3.8) is 0 Å². The highest BCUT2D eigenvalue weighted by molar-refractivity contribution is 5.89. The fraction of sp³-hybridized carbons (Fsp3) is 0.786. The Hall–Kier alpha value is -1.63. The number of carboxylic acid groups (broad SMARTS) is 1. The minimum atomic E-state index is -0.931. The maximum Gasteiger partial charge on any atom is 0.308 e. The van der Waals surface area contributed by atoms with Gasteiger partial charge in [-0.2, -0.15) is 0 Å². The van der Waals surface area contributed by atoms with Gasteiger partial charge in [0.1, 0.15) is 6.04 Å². The molecule has 0 spiro atoms. The van der Waals surface area contributed by atoms with Gasteiger partial charge in [-0.1, -0.05) is 6.92 Å². The monoisotopic (exact) mass is 300 g/mol. The van der Waals surface area contributed by atoms with Crippen LogP contribution in [-0.2, 0) is 19.1 Å². The molecule has 1 saturated heterocycles. The lowest BCUT2D eigenvalue weighted by atomic mass is 9.80. The number of hydrogen-bond donors (Lipinski definition) is 2. The van der Waals surface area contributed by atoms with Gasteiger partial charge in [-0.05, 0) is 19.8 Å². The summed E-state index contributed by atoms with van der Waals surface area (Å²) in [4.78, 5) is 37.0. The fourth-order valence-electron chi connectivity index (χ4n) is 2.95. The Balaban J connectivity index is 2.81. The average molecular weight is 300 g/mol. The molecule has 1 aliphatic rings. The highest BCUT2D eigenvalue weighted by atomic mass is 16.5. The summed E-state index contributed by atoms with van der Waals surface area (Å²) >= 11 is 0. The van der Waals surface area contributed by atoms with Gasteiger partial charge in [-0.15, -0.1) is 0 Å². The number of carbonyl (C=O) groups is 3. The zero-order chi connectivity index (χ0) is 16.2. The predicted molar refractivity (Wildman–Crippen MR) is 75.6 cm³/mol. The fourth-order valence-corrected chi connectivity index (χ4v) is 2.95. The van der Waals surface area contributed by atoms with Crippen molar-refractivity contribution >= 4 is 17.8 Å². The molecule has 0 saturated carbocycles. The molecular weight excluding hydrogens is 276 g/mol. The van der Waals surface area contributed by atoms with Crippen molar-refractivity contribution in [2.45, 2.75) is 39.3 Å². The van der Waals surface area contributed by atoms with Crippen LogP contribution < -0.4 is 5.32 Å². The van der Waals surface area contributed by atoms with Crippen LogP contribution in [0.3, 0.4) is 0 Å². The minimum Gasteiger partial charge on any atom is -0.481 e. The number of likely N-dealkylation sites (tertiary alicyclic amines) is 1. The smallest absolute Gasteiger partial charge is 0.308 e. The number of carboxylic acids is 1. The molecule has 1 fully saturated rings. The van der Waals surface area contributed by atoms with Crippen LogP contribution in [0.25, 0.3) is 0 Å². The SMILES string of the molecule is COCCNC(=O)C(C)N1C(=O)CC(C)C(C(=O)O)C1C. The minimum absolute atomic E-state index is 0.150. The predicted octanol–water partition coefficient (Wildman–Crippen LogP) is 0.0952. The molecule has 1 rings (SSSR count). The number of amides is 2. The second-order valence-electron chi connectivity index (χ2n) is 5.55. The van der Waals surface area contributed by atoms with E-state index < -0.39 is 24.0 Å². The Morgan fingerprint density at radius 3 is 2.62 bits per heavy atom. The van der Waals surface area contributed by atoms with Crippen LogP contribution >= 0.6 is 0 Å². The number of carbonyl (C=O) groups excluding carboxylic acids is 2. The molecule has 0 bridgehead atoms. The van der Waals surface area contributed by atoms with Gasteiger partial charge in [0, 0.05) is 26.1 Å². The van der Waals surface area contributed by atoms with E-state index in [0.717, 1.165) is 0 Å². The first-order chi connectivity index (χ1) is 9.81. The van der Waals surface area contributed by atoms with E-state index in [4.69, 9.17) is 4.74 Å².